The van der Waals surface area contributed by atoms with E-state index in [-0.39, 0.29) is 0 Å². The Morgan fingerprint density at radius 3 is 2.47 bits per heavy atom. The van der Waals surface area contributed by atoms with Gasteiger partial charge in [0.15, 0.2) is 0 Å². The maximum Gasteiger partial charge on any atom is 0.0548 e. The summed E-state index contributed by atoms with van der Waals surface area (Å²) in [7, 11) is 0. The fourth-order valence-electron chi connectivity index (χ4n) is 7.75. The fourth-order valence-corrected chi connectivity index (χ4v) is 9.34. The normalized spacial score (nSPS) is 30.4. The van der Waals surface area contributed by atoms with Gasteiger partial charge in [-0.1, -0.05) is 103 Å². The van der Waals surface area contributed by atoms with Crippen molar-refractivity contribution in [3.05, 3.63) is 126 Å². The highest BCUT2D eigenvalue weighted by Gasteiger charge is 2.48. The SMILES string of the molecule is C1=CC2C3C=C(c4cccc5c4SC4C=CCCC54)CCC3N(c3ccc(-c4ccccc4)cc3)C2C=C1. The summed E-state index contributed by atoms with van der Waals surface area (Å²) < 4.78 is 0. The van der Waals surface area contributed by atoms with Crippen LogP contribution >= 0.6 is 11.8 Å². The Kier molecular flexibility index (Phi) is 5.50. The quantitative estimate of drug-likeness (QED) is 0.323. The largest absolute Gasteiger partial charge is 0.361 e. The number of anilines is 1. The molecule has 3 aromatic rings. The number of nitrogens with zero attached hydrogens (tertiary/aromatic N) is 1. The summed E-state index contributed by atoms with van der Waals surface area (Å²) in [4.78, 5) is 4.31. The van der Waals surface area contributed by atoms with Crippen LogP contribution in [-0.4, -0.2) is 17.3 Å². The van der Waals surface area contributed by atoms with E-state index in [1.165, 1.54) is 41.6 Å². The second-order valence-corrected chi connectivity index (χ2v) is 12.6. The molecular formula is C36H33NS. The topological polar surface area (TPSA) is 3.24 Å². The molecule has 1 saturated heterocycles. The zero-order valence-electron chi connectivity index (χ0n) is 21.6. The highest BCUT2D eigenvalue weighted by molar-refractivity contribution is 8.00. The van der Waals surface area contributed by atoms with Crippen molar-refractivity contribution in [3.8, 4) is 11.1 Å². The minimum absolute atomic E-state index is 0.428. The lowest BCUT2D eigenvalue weighted by Crippen LogP contribution is -2.38. The molecule has 2 heterocycles. The Bertz CT molecular complexity index is 1480. The fraction of sp³-hybridized carbons (Fsp3) is 0.278. The average Bonchev–Trinajstić information content (AvgIpc) is 3.53. The van der Waals surface area contributed by atoms with Gasteiger partial charge in [-0.2, -0.15) is 0 Å². The third-order valence-corrected chi connectivity index (χ3v) is 11.0. The number of allylic oxidation sites excluding steroid dienone is 4. The number of benzene rings is 3. The summed E-state index contributed by atoms with van der Waals surface area (Å²) in [5.74, 6) is 1.78. The highest BCUT2D eigenvalue weighted by Crippen LogP contribution is 2.54. The summed E-state index contributed by atoms with van der Waals surface area (Å²) in [5, 5.41) is 0.633. The molecule has 1 nitrogen and oxygen atoms in total. The van der Waals surface area contributed by atoms with Crippen LogP contribution in [0.4, 0.5) is 5.69 Å². The minimum atomic E-state index is 0.428. The molecule has 188 valence electrons. The van der Waals surface area contributed by atoms with E-state index in [9.17, 15) is 0 Å². The Morgan fingerprint density at radius 1 is 0.737 bits per heavy atom. The zero-order valence-corrected chi connectivity index (χ0v) is 22.4. The first kappa shape index (κ1) is 22.7. The van der Waals surface area contributed by atoms with Crippen molar-refractivity contribution in [2.24, 2.45) is 11.8 Å². The Balaban J connectivity index is 1.14. The van der Waals surface area contributed by atoms with Crippen LogP contribution in [0.5, 0.6) is 0 Å². The number of hydrogen-bond acceptors (Lipinski definition) is 2. The van der Waals surface area contributed by atoms with Crippen molar-refractivity contribution in [2.45, 2.75) is 53.8 Å². The molecule has 6 unspecified atom stereocenters. The number of rotatable bonds is 3. The molecule has 3 aromatic carbocycles. The molecule has 1 fully saturated rings. The predicted octanol–water partition coefficient (Wildman–Crippen LogP) is 9.05. The molecule has 5 aliphatic rings. The molecule has 3 aliphatic carbocycles. The van der Waals surface area contributed by atoms with Crippen LogP contribution in [0.15, 0.2) is 120 Å². The van der Waals surface area contributed by atoms with Crippen LogP contribution in [0.3, 0.4) is 0 Å². The lowest BCUT2D eigenvalue weighted by molar-refractivity contribution is 0.462. The van der Waals surface area contributed by atoms with E-state index in [0.29, 0.717) is 35.1 Å². The molecule has 0 N–H and O–H groups in total. The van der Waals surface area contributed by atoms with E-state index in [0.717, 1.165) is 6.42 Å². The third-order valence-electron chi connectivity index (χ3n) is 9.50. The van der Waals surface area contributed by atoms with Crippen LogP contribution < -0.4 is 4.90 Å². The van der Waals surface area contributed by atoms with E-state index >= 15 is 0 Å². The van der Waals surface area contributed by atoms with Crippen LogP contribution in [0, 0.1) is 11.8 Å². The molecule has 0 spiro atoms. The molecule has 0 bridgehead atoms. The van der Waals surface area contributed by atoms with Crippen molar-refractivity contribution < 1.29 is 0 Å². The number of thioether (sulfide) groups is 1. The molecule has 6 atom stereocenters. The standard InChI is InChI=1S/C36H33NS/c1-2-9-24(10-3-1)25-17-20-27(21-18-25)37-33-15-6-4-11-29(33)32-23-26(19-22-34(32)37)28-13-8-14-31-30-12-5-7-16-35(30)38-36(28)31/h1-4,6-11,13-18,20-21,23,29-30,32-35H,5,12,19,22H2. The predicted molar refractivity (Wildman–Crippen MR) is 162 cm³/mol. The summed E-state index contributed by atoms with van der Waals surface area (Å²) in [5.41, 5.74) is 8.64. The van der Waals surface area contributed by atoms with E-state index in [2.05, 4.69) is 132 Å². The minimum Gasteiger partial charge on any atom is -0.361 e. The van der Waals surface area contributed by atoms with Crippen LogP contribution in [-0.2, 0) is 0 Å². The van der Waals surface area contributed by atoms with Crippen LogP contribution in [0.1, 0.15) is 42.7 Å². The lowest BCUT2D eigenvalue weighted by Gasteiger charge is -2.35. The lowest BCUT2D eigenvalue weighted by atomic mass is 9.77. The first-order valence-corrected chi connectivity index (χ1v) is 15.2. The van der Waals surface area contributed by atoms with Crippen molar-refractivity contribution >= 4 is 23.0 Å². The van der Waals surface area contributed by atoms with Gasteiger partial charge in [-0.25, -0.2) is 0 Å². The average molecular weight is 512 g/mol. The molecule has 2 heteroatoms. The Morgan fingerprint density at radius 2 is 1.58 bits per heavy atom. The molecule has 0 saturated carbocycles. The third kappa shape index (κ3) is 3.61. The highest BCUT2D eigenvalue weighted by atomic mass is 32.2. The van der Waals surface area contributed by atoms with E-state index < -0.39 is 0 Å². The van der Waals surface area contributed by atoms with Gasteiger partial charge in [0.25, 0.3) is 0 Å². The van der Waals surface area contributed by atoms with Crippen molar-refractivity contribution in [3.63, 3.8) is 0 Å². The van der Waals surface area contributed by atoms with Gasteiger partial charge >= 0.3 is 0 Å². The summed E-state index contributed by atoms with van der Waals surface area (Å²) in [6, 6.07) is 28.1. The molecular weight excluding hydrogens is 478 g/mol. The molecule has 0 radical (unpaired) electrons. The van der Waals surface area contributed by atoms with Crippen LogP contribution in [0.25, 0.3) is 16.7 Å². The van der Waals surface area contributed by atoms with Crippen molar-refractivity contribution in [1.29, 1.82) is 0 Å². The Hall–Kier alpha value is -3.23. The van der Waals surface area contributed by atoms with Gasteiger partial charge in [0.2, 0.25) is 0 Å². The maximum absolute atomic E-state index is 2.74. The monoisotopic (exact) mass is 511 g/mol. The molecule has 2 aliphatic heterocycles. The first-order chi connectivity index (χ1) is 18.8. The summed E-state index contributed by atoms with van der Waals surface area (Å²) >= 11 is 2.12. The second kappa shape index (κ2) is 9.20. The number of hydrogen-bond donors (Lipinski definition) is 0. The molecule has 8 rings (SSSR count). The maximum atomic E-state index is 2.74. The van der Waals surface area contributed by atoms with E-state index in [1.54, 1.807) is 16.0 Å². The molecule has 0 amide bonds. The Labute approximate surface area is 230 Å². The zero-order chi connectivity index (χ0) is 25.1. The van der Waals surface area contributed by atoms with Gasteiger partial charge in [0, 0.05) is 39.6 Å². The van der Waals surface area contributed by atoms with Crippen molar-refractivity contribution in [1.82, 2.24) is 0 Å². The van der Waals surface area contributed by atoms with Gasteiger partial charge in [-0.3, -0.25) is 0 Å². The molecule has 38 heavy (non-hydrogen) atoms. The van der Waals surface area contributed by atoms with E-state index in [4.69, 9.17) is 0 Å². The van der Waals surface area contributed by atoms with Gasteiger partial charge < -0.3 is 4.90 Å². The second-order valence-electron chi connectivity index (χ2n) is 11.5. The smallest absolute Gasteiger partial charge is 0.0548 e. The van der Waals surface area contributed by atoms with Gasteiger partial charge in [-0.15, -0.1) is 11.8 Å². The van der Waals surface area contributed by atoms with Crippen LogP contribution in [0.2, 0.25) is 0 Å². The van der Waals surface area contributed by atoms with E-state index in [1.807, 2.05) is 0 Å². The van der Waals surface area contributed by atoms with Crippen molar-refractivity contribution in [2.75, 3.05) is 4.90 Å². The van der Waals surface area contributed by atoms with Gasteiger partial charge in [-0.05, 0) is 65.6 Å². The summed E-state index contributed by atoms with van der Waals surface area (Å²) in [6.07, 6.45) is 21.9. The molecule has 0 aromatic heterocycles. The summed E-state index contributed by atoms with van der Waals surface area (Å²) in [6.45, 7) is 0. The first-order valence-electron chi connectivity index (χ1n) is 14.3. The van der Waals surface area contributed by atoms with Gasteiger partial charge in [0.05, 0.1) is 6.04 Å². The van der Waals surface area contributed by atoms with Gasteiger partial charge in [0.1, 0.15) is 0 Å². The number of fused-ring (bicyclic) bond motifs is 6.